The predicted molar refractivity (Wildman–Crippen MR) is 136 cm³/mol. The summed E-state index contributed by atoms with van der Waals surface area (Å²) in [6.07, 6.45) is 11.7. The minimum absolute atomic E-state index is 0.0529. The molecule has 5 aliphatic carbocycles. The van der Waals surface area contributed by atoms with Gasteiger partial charge in [-0.25, -0.2) is 0 Å². The van der Waals surface area contributed by atoms with Gasteiger partial charge in [0.2, 0.25) is 0 Å². The van der Waals surface area contributed by atoms with Crippen LogP contribution in [0.4, 0.5) is 0 Å². The van der Waals surface area contributed by atoms with Gasteiger partial charge in [0.15, 0.2) is 5.78 Å². The molecule has 0 aliphatic heterocycles. The Hall–Kier alpha value is -1.14. The number of Topliss-reactive ketones (excluding diaryl/α,β-unsaturated/α-hetero) is 1. The minimum atomic E-state index is -0.472. The first-order chi connectivity index (χ1) is 15.8. The summed E-state index contributed by atoms with van der Waals surface area (Å²) in [7, 11) is 0. The van der Waals surface area contributed by atoms with E-state index in [-0.39, 0.29) is 27.4 Å². The van der Waals surface area contributed by atoms with Crippen LogP contribution in [0.15, 0.2) is 11.6 Å². The molecule has 9 atom stereocenters. The van der Waals surface area contributed by atoms with E-state index in [0.29, 0.717) is 41.8 Å². The molecule has 0 bridgehead atoms. The maximum atomic E-state index is 13.2. The molecule has 0 saturated heterocycles. The van der Waals surface area contributed by atoms with E-state index >= 15 is 0 Å². The quantitative estimate of drug-likeness (QED) is 0.480. The van der Waals surface area contributed by atoms with Gasteiger partial charge in [-0.05, 0) is 109 Å². The van der Waals surface area contributed by atoms with Crippen LogP contribution >= 0.6 is 0 Å². The van der Waals surface area contributed by atoms with Crippen molar-refractivity contribution in [1.82, 2.24) is 0 Å². The summed E-state index contributed by atoms with van der Waals surface area (Å²) in [5, 5.41) is 20.6. The Kier molecular flexibility index (Phi) is 5.37. The second-order valence-electron chi connectivity index (χ2n) is 14.7. The lowest BCUT2D eigenvalue weighted by Crippen LogP contribution is -2.66. The molecule has 5 aliphatic rings. The van der Waals surface area contributed by atoms with Gasteiger partial charge in [-0.1, -0.05) is 54.5 Å². The van der Waals surface area contributed by atoms with E-state index < -0.39 is 5.41 Å². The third kappa shape index (κ3) is 2.76. The Labute approximate surface area is 207 Å². The summed E-state index contributed by atoms with van der Waals surface area (Å²) in [5.41, 5.74) is 0.398. The highest BCUT2D eigenvalue weighted by Gasteiger charge is 2.70. The number of nitrogens with zero attached hydrogens (tertiary/aromatic N) is 1. The van der Waals surface area contributed by atoms with Crippen molar-refractivity contribution >= 4 is 5.78 Å². The second kappa shape index (κ2) is 7.44. The SMILES string of the molecule is CC(C)[C@@H]1CC[C@]2(CO)CC[C@]3(C)[C@H](CCC4[C@@]5(C)C=C(C#N)C(=O)C(C)(C)[C@@H]5CC[C@]43C)[C@@H]12. The van der Waals surface area contributed by atoms with E-state index in [1.807, 2.05) is 0 Å². The van der Waals surface area contributed by atoms with Crippen LogP contribution in [0.3, 0.4) is 0 Å². The number of carbonyl (C=O) groups excluding carboxylic acids is 1. The number of aliphatic hydroxyl groups is 1. The van der Waals surface area contributed by atoms with E-state index in [1.54, 1.807) is 0 Å². The Morgan fingerprint density at radius 1 is 0.971 bits per heavy atom. The number of ketones is 1. The fourth-order valence-corrected chi connectivity index (χ4v) is 11.4. The summed E-state index contributed by atoms with van der Waals surface area (Å²) >= 11 is 0. The highest BCUT2D eigenvalue weighted by molar-refractivity contribution is 6.04. The molecule has 0 aromatic carbocycles. The Balaban J connectivity index is 1.60. The summed E-state index contributed by atoms with van der Waals surface area (Å²) in [4.78, 5) is 13.2. The van der Waals surface area contributed by atoms with Gasteiger partial charge >= 0.3 is 0 Å². The first-order valence-electron chi connectivity index (χ1n) is 14.1. The van der Waals surface area contributed by atoms with Crippen LogP contribution in [0, 0.1) is 73.9 Å². The van der Waals surface area contributed by atoms with Crippen LogP contribution in [0.1, 0.15) is 99.8 Å². The van der Waals surface area contributed by atoms with Crippen molar-refractivity contribution in [3.8, 4) is 6.07 Å². The molecule has 0 heterocycles. The number of allylic oxidation sites excluding steroid dienone is 2. The topological polar surface area (TPSA) is 61.1 Å². The minimum Gasteiger partial charge on any atom is -0.396 e. The van der Waals surface area contributed by atoms with Gasteiger partial charge in [0.1, 0.15) is 6.07 Å². The van der Waals surface area contributed by atoms with Gasteiger partial charge in [-0.2, -0.15) is 5.26 Å². The largest absolute Gasteiger partial charge is 0.396 e. The number of hydrogen-bond donors (Lipinski definition) is 1. The molecular weight excluding hydrogens is 418 g/mol. The molecule has 0 amide bonds. The number of aliphatic hydroxyl groups excluding tert-OH is 1. The molecule has 1 N–H and O–H groups in total. The number of rotatable bonds is 2. The molecule has 5 rings (SSSR count). The van der Waals surface area contributed by atoms with Crippen molar-refractivity contribution in [2.24, 2.45) is 62.6 Å². The van der Waals surface area contributed by atoms with Gasteiger partial charge in [0.25, 0.3) is 0 Å². The van der Waals surface area contributed by atoms with Crippen LogP contribution in [-0.2, 0) is 4.79 Å². The normalized spacial score (nSPS) is 51.6. The second-order valence-corrected chi connectivity index (χ2v) is 14.7. The van der Waals surface area contributed by atoms with E-state index in [0.717, 1.165) is 18.8 Å². The monoisotopic (exact) mass is 465 g/mol. The Morgan fingerprint density at radius 2 is 1.68 bits per heavy atom. The van der Waals surface area contributed by atoms with Crippen molar-refractivity contribution in [2.45, 2.75) is 99.8 Å². The number of hydrogen-bond acceptors (Lipinski definition) is 3. The highest BCUT2D eigenvalue weighted by atomic mass is 16.3. The summed E-state index contributed by atoms with van der Waals surface area (Å²) in [6, 6.07) is 2.29. The summed E-state index contributed by atoms with van der Waals surface area (Å²) < 4.78 is 0. The van der Waals surface area contributed by atoms with Gasteiger partial charge in [-0.3, -0.25) is 4.79 Å². The number of nitriles is 1. The lowest BCUT2D eigenvalue weighted by atomic mass is 9.32. The van der Waals surface area contributed by atoms with Crippen molar-refractivity contribution in [1.29, 1.82) is 5.26 Å². The van der Waals surface area contributed by atoms with Crippen molar-refractivity contribution in [3.05, 3.63) is 11.6 Å². The molecule has 34 heavy (non-hydrogen) atoms. The maximum absolute atomic E-state index is 13.2. The average Bonchev–Trinajstić information content (AvgIpc) is 3.17. The lowest BCUT2D eigenvalue weighted by molar-refractivity contribution is -0.224. The number of fused-ring (bicyclic) bond motifs is 7. The summed E-state index contributed by atoms with van der Waals surface area (Å²) in [6.45, 7) is 16.9. The molecule has 4 fully saturated rings. The van der Waals surface area contributed by atoms with Gasteiger partial charge < -0.3 is 5.11 Å². The summed E-state index contributed by atoms with van der Waals surface area (Å²) in [5.74, 6) is 3.55. The molecule has 188 valence electrons. The zero-order valence-corrected chi connectivity index (χ0v) is 22.7. The molecule has 1 unspecified atom stereocenters. The van der Waals surface area contributed by atoms with E-state index in [1.165, 1.54) is 38.5 Å². The molecule has 0 aromatic heterocycles. The average molecular weight is 466 g/mol. The van der Waals surface area contributed by atoms with E-state index in [2.05, 4.69) is 60.6 Å². The van der Waals surface area contributed by atoms with Crippen LogP contribution < -0.4 is 0 Å². The fraction of sp³-hybridized carbons (Fsp3) is 0.871. The lowest BCUT2D eigenvalue weighted by Gasteiger charge is -2.71. The zero-order chi connectivity index (χ0) is 24.9. The number of carbonyl (C=O) groups is 1. The molecule has 3 heteroatoms. The maximum Gasteiger partial charge on any atom is 0.178 e. The first kappa shape index (κ1) is 24.5. The molecule has 0 aromatic rings. The molecule has 0 radical (unpaired) electrons. The Bertz CT molecular complexity index is 957. The zero-order valence-electron chi connectivity index (χ0n) is 22.7. The highest BCUT2D eigenvalue weighted by Crippen LogP contribution is 2.76. The van der Waals surface area contributed by atoms with Crippen LogP contribution in [-0.4, -0.2) is 17.5 Å². The van der Waals surface area contributed by atoms with Gasteiger partial charge in [0, 0.05) is 12.0 Å². The van der Waals surface area contributed by atoms with Crippen LogP contribution in [0.5, 0.6) is 0 Å². The van der Waals surface area contributed by atoms with E-state index in [9.17, 15) is 15.2 Å². The Morgan fingerprint density at radius 3 is 2.29 bits per heavy atom. The fourth-order valence-electron chi connectivity index (χ4n) is 11.4. The first-order valence-corrected chi connectivity index (χ1v) is 14.1. The third-order valence-electron chi connectivity index (χ3n) is 13.3. The van der Waals surface area contributed by atoms with Crippen molar-refractivity contribution in [3.63, 3.8) is 0 Å². The van der Waals surface area contributed by atoms with Crippen LogP contribution in [0.25, 0.3) is 0 Å². The molecule has 4 saturated carbocycles. The molecule has 0 spiro atoms. The van der Waals surface area contributed by atoms with Crippen LogP contribution in [0.2, 0.25) is 0 Å². The van der Waals surface area contributed by atoms with Gasteiger partial charge in [0.05, 0.1) is 5.57 Å². The smallest absolute Gasteiger partial charge is 0.178 e. The van der Waals surface area contributed by atoms with Gasteiger partial charge in [-0.15, -0.1) is 0 Å². The van der Waals surface area contributed by atoms with Crippen molar-refractivity contribution in [2.75, 3.05) is 6.61 Å². The predicted octanol–water partition coefficient (Wildman–Crippen LogP) is 6.96. The van der Waals surface area contributed by atoms with Crippen molar-refractivity contribution < 1.29 is 9.90 Å². The molecule has 3 nitrogen and oxygen atoms in total. The standard InChI is InChI=1S/C31H47NO2/c1-19(2)21-10-13-31(18-33)15-14-29(6)22(25(21)31)8-9-24-28(5)16-20(17-32)26(34)27(3,4)23(28)11-12-30(24,29)7/h16,19,21-25,33H,8-15,18H2,1-7H3/t21-,22+,23-,24?,25+,28-,29+,30+,31+/m0/s1. The third-order valence-corrected chi connectivity index (χ3v) is 13.3. The van der Waals surface area contributed by atoms with E-state index in [4.69, 9.17) is 0 Å². The molecular formula is C31H47NO2.